The van der Waals surface area contributed by atoms with Gasteiger partial charge in [-0.1, -0.05) is 53.2 Å². The molecule has 0 aliphatic heterocycles. The molecule has 4 fully saturated rings. The van der Waals surface area contributed by atoms with Crippen LogP contribution in [0.25, 0.3) is 0 Å². The van der Waals surface area contributed by atoms with Crippen molar-refractivity contribution in [3.63, 3.8) is 0 Å². The van der Waals surface area contributed by atoms with Crippen LogP contribution in [0.3, 0.4) is 0 Å². The summed E-state index contributed by atoms with van der Waals surface area (Å²) < 4.78 is 0. The van der Waals surface area contributed by atoms with Crippen LogP contribution >= 0.6 is 0 Å². The fraction of sp³-hybridized carbons (Fsp3) is 0.931. The van der Waals surface area contributed by atoms with Crippen molar-refractivity contribution in [3.05, 3.63) is 11.6 Å². The molecule has 4 saturated carbocycles. The molecule has 0 aromatic carbocycles. The number of hydrogen-bond donors (Lipinski definition) is 3. The van der Waals surface area contributed by atoms with Crippen molar-refractivity contribution in [2.24, 2.45) is 50.7 Å². The molecule has 0 aromatic rings. The second-order valence-corrected chi connectivity index (χ2v) is 14.6. The van der Waals surface area contributed by atoms with Crippen LogP contribution in [0.1, 0.15) is 99.3 Å². The molecule has 0 amide bonds. The molecule has 0 spiro atoms. The molecule has 3 heteroatoms. The van der Waals surface area contributed by atoms with Gasteiger partial charge in [0.2, 0.25) is 0 Å². The van der Waals surface area contributed by atoms with E-state index < -0.39 is 6.10 Å². The molecule has 9 atom stereocenters. The molecule has 32 heavy (non-hydrogen) atoms. The van der Waals surface area contributed by atoms with Crippen LogP contribution in [-0.2, 0) is 0 Å². The second-order valence-electron chi connectivity index (χ2n) is 14.6. The van der Waals surface area contributed by atoms with Crippen molar-refractivity contribution >= 4 is 0 Å². The van der Waals surface area contributed by atoms with Gasteiger partial charge in [0.05, 0.1) is 18.8 Å². The number of hydrogen-bond acceptors (Lipinski definition) is 3. The predicted molar refractivity (Wildman–Crippen MR) is 129 cm³/mol. The lowest BCUT2D eigenvalue weighted by atomic mass is 9.37. The summed E-state index contributed by atoms with van der Waals surface area (Å²) in [5.41, 5.74) is 1.79. The van der Waals surface area contributed by atoms with Gasteiger partial charge in [0, 0.05) is 5.41 Å². The maximum absolute atomic E-state index is 11.6. The number of aliphatic hydroxyl groups excluding tert-OH is 3. The standard InChI is InChI=1S/C29H48O3/c1-25(2)13-14-29(17-30)21(15-25)20-8-7-18-19(28(20,6)16-24(29)32)9-10-22-26(3,4)23(31)11-12-27(18,22)5/h8,18-19,21-24,30-32H,7,9-17H2,1-6H3. The van der Waals surface area contributed by atoms with Crippen LogP contribution in [-0.4, -0.2) is 34.1 Å². The third-order valence-corrected chi connectivity index (χ3v) is 12.3. The lowest BCUT2D eigenvalue weighted by Gasteiger charge is -2.68. The largest absolute Gasteiger partial charge is 0.396 e. The van der Waals surface area contributed by atoms with E-state index in [9.17, 15) is 15.3 Å². The summed E-state index contributed by atoms with van der Waals surface area (Å²) in [6.45, 7) is 14.5. The van der Waals surface area contributed by atoms with Crippen molar-refractivity contribution < 1.29 is 15.3 Å². The van der Waals surface area contributed by atoms with Crippen LogP contribution < -0.4 is 0 Å². The monoisotopic (exact) mass is 444 g/mol. The molecule has 5 rings (SSSR count). The van der Waals surface area contributed by atoms with Gasteiger partial charge in [-0.3, -0.25) is 0 Å². The molecule has 182 valence electrons. The smallest absolute Gasteiger partial charge is 0.0632 e. The van der Waals surface area contributed by atoms with Crippen LogP contribution in [0, 0.1) is 50.7 Å². The van der Waals surface area contributed by atoms with E-state index in [1.807, 2.05) is 0 Å². The highest BCUT2D eigenvalue weighted by molar-refractivity contribution is 5.32. The van der Waals surface area contributed by atoms with E-state index in [1.54, 1.807) is 5.57 Å². The highest BCUT2D eigenvalue weighted by Gasteiger charge is 2.65. The molecule has 3 nitrogen and oxygen atoms in total. The minimum atomic E-state index is -0.412. The minimum absolute atomic E-state index is 0.0195. The fourth-order valence-corrected chi connectivity index (χ4v) is 10.3. The summed E-state index contributed by atoms with van der Waals surface area (Å²) in [6, 6.07) is 0. The van der Waals surface area contributed by atoms with Crippen LogP contribution in [0.4, 0.5) is 0 Å². The Morgan fingerprint density at radius 2 is 1.56 bits per heavy atom. The number of aliphatic hydroxyl groups is 3. The molecule has 5 aliphatic rings. The van der Waals surface area contributed by atoms with Gasteiger partial charge in [0.1, 0.15) is 0 Å². The Hall–Kier alpha value is -0.380. The van der Waals surface area contributed by atoms with Crippen molar-refractivity contribution in [1.29, 1.82) is 0 Å². The Morgan fingerprint density at radius 1 is 0.844 bits per heavy atom. The number of allylic oxidation sites excluding steroid dienone is 2. The first kappa shape index (κ1) is 23.4. The normalized spacial score (nSPS) is 53.8. The average molecular weight is 445 g/mol. The summed E-state index contributed by atoms with van der Waals surface area (Å²) in [6.07, 6.45) is 11.5. The topological polar surface area (TPSA) is 60.7 Å². The first-order valence-electron chi connectivity index (χ1n) is 13.5. The molecule has 0 radical (unpaired) electrons. The average Bonchev–Trinajstić information content (AvgIpc) is 2.71. The highest BCUT2D eigenvalue weighted by atomic mass is 16.3. The van der Waals surface area contributed by atoms with Crippen LogP contribution in [0.15, 0.2) is 11.6 Å². The van der Waals surface area contributed by atoms with Gasteiger partial charge >= 0.3 is 0 Å². The van der Waals surface area contributed by atoms with Gasteiger partial charge in [-0.2, -0.15) is 0 Å². The summed E-state index contributed by atoms with van der Waals surface area (Å²) in [5, 5.41) is 33.0. The van der Waals surface area contributed by atoms with Crippen molar-refractivity contribution in [1.82, 2.24) is 0 Å². The van der Waals surface area contributed by atoms with E-state index in [-0.39, 0.29) is 39.8 Å². The predicted octanol–water partition coefficient (Wildman–Crippen LogP) is 5.72. The van der Waals surface area contributed by atoms with Crippen molar-refractivity contribution in [2.75, 3.05) is 6.61 Å². The zero-order valence-corrected chi connectivity index (χ0v) is 21.5. The van der Waals surface area contributed by atoms with E-state index >= 15 is 0 Å². The fourth-order valence-electron chi connectivity index (χ4n) is 10.3. The summed E-state index contributed by atoms with van der Waals surface area (Å²) >= 11 is 0. The third-order valence-electron chi connectivity index (χ3n) is 12.3. The Balaban J connectivity index is 1.56. The number of fused-ring (bicyclic) bond motifs is 7. The van der Waals surface area contributed by atoms with Gasteiger partial charge in [0.15, 0.2) is 0 Å². The SMILES string of the molecule is CC1(C)CCC2(CO)C(O)CC3(C)C(=CCC4C3CCC3C(C)(C)C(O)CCC43C)C2C1. The molecule has 0 aromatic heterocycles. The first-order valence-corrected chi connectivity index (χ1v) is 13.5. The van der Waals surface area contributed by atoms with Gasteiger partial charge in [-0.15, -0.1) is 0 Å². The lowest BCUT2D eigenvalue weighted by molar-refractivity contribution is -0.187. The molecule has 3 N–H and O–H groups in total. The van der Waals surface area contributed by atoms with E-state index in [1.165, 1.54) is 12.8 Å². The summed E-state index contributed by atoms with van der Waals surface area (Å²) in [4.78, 5) is 0. The molecule has 5 aliphatic carbocycles. The van der Waals surface area contributed by atoms with Crippen molar-refractivity contribution in [3.8, 4) is 0 Å². The van der Waals surface area contributed by atoms with Gasteiger partial charge in [-0.05, 0) is 103 Å². The minimum Gasteiger partial charge on any atom is -0.396 e. The van der Waals surface area contributed by atoms with Crippen molar-refractivity contribution in [2.45, 2.75) is 112 Å². The maximum atomic E-state index is 11.6. The molecule has 0 bridgehead atoms. The van der Waals surface area contributed by atoms with Crippen LogP contribution in [0.2, 0.25) is 0 Å². The third kappa shape index (κ3) is 2.89. The second kappa shape index (κ2) is 7.08. The van der Waals surface area contributed by atoms with Gasteiger partial charge in [-0.25, -0.2) is 0 Å². The lowest BCUT2D eigenvalue weighted by Crippen LogP contribution is -2.63. The Morgan fingerprint density at radius 3 is 2.25 bits per heavy atom. The Labute approximate surface area is 196 Å². The molecular formula is C29H48O3. The van der Waals surface area contributed by atoms with Gasteiger partial charge in [0.25, 0.3) is 0 Å². The van der Waals surface area contributed by atoms with E-state index in [4.69, 9.17) is 0 Å². The molecule has 9 unspecified atom stereocenters. The Kier molecular flexibility index (Phi) is 5.17. The quantitative estimate of drug-likeness (QED) is 0.453. The van der Waals surface area contributed by atoms with E-state index in [0.717, 1.165) is 44.9 Å². The Bertz CT molecular complexity index is 798. The molecule has 0 saturated heterocycles. The van der Waals surface area contributed by atoms with Crippen LogP contribution in [0.5, 0.6) is 0 Å². The van der Waals surface area contributed by atoms with Gasteiger partial charge < -0.3 is 15.3 Å². The highest BCUT2D eigenvalue weighted by Crippen LogP contribution is 2.71. The van der Waals surface area contributed by atoms with E-state index in [0.29, 0.717) is 23.7 Å². The summed E-state index contributed by atoms with van der Waals surface area (Å²) in [7, 11) is 0. The molecular weight excluding hydrogens is 396 g/mol. The molecule has 0 heterocycles. The van der Waals surface area contributed by atoms with E-state index in [2.05, 4.69) is 47.6 Å². The first-order chi connectivity index (χ1) is 14.8. The summed E-state index contributed by atoms with van der Waals surface area (Å²) in [5.74, 6) is 2.11. The zero-order valence-electron chi connectivity index (χ0n) is 21.5. The maximum Gasteiger partial charge on any atom is 0.0632 e. The zero-order chi connectivity index (χ0) is 23.3. The number of rotatable bonds is 1.